The topological polar surface area (TPSA) is 18.5 Å². The van der Waals surface area contributed by atoms with Gasteiger partial charge in [-0.25, -0.2) is 0 Å². The van der Waals surface area contributed by atoms with Gasteiger partial charge in [-0.1, -0.05) is 0 Å². The fourth-order valence-corrected chi connectivity index (χ4v) is 8.56. The van der Waals surface area contributed by atoms with Crippen molar-refractivity contribution in [1.82, 2.24) is 0 Å². The molecule has 0 aliphatic carbocycles. The van der Waals surface area contributed by atoms with Gasteiger partial charge >= 0.3 is 8.56 Å². The molecule has 4 heteroatoms. The van der Waals surface area contributed by atoms with E-state index in [1.807, 2.05) is 0 Å². The average molecular weight is 206 g/mol. The maximum Gasteiger partial charge on any atom is 0.321 e. The molecule has 0 saturated heterocycles. The summed E-state index contributed by atoms with van der Waals surface area (Å²) in [5.74, 6) is 0. The van der Waals surface area contributed by atoms with Gasteiger partial charge in [-0.05, 0) is 46.6 Å². The molecule has 0 N–H and O–H groups in total. The van der Waals surface area contributed by atoms with Crippen LogP contribution in [-0.4, -0.2) is 23.0 Å². The fourth-order valence-electron chi connectivity index (χ4n) is 1.33. The molecular formula is C8H22O2Si2. The molecule has 0 aromatic carbocycles. The van der Waals surface area contributed by atoms with E-state index >= 15 is 0 Å². The second-order valence-electron chi connectivity index (χ2n) is 4.78. The Balaban J connectivity index is 4.04. The largest absolute Gasteiger partial charge is 0.436 e. The van der Waals surface area contributed by atoms with Crippen molar-refractivity contribution >= 4 is 16.9 Å². The minimum absolute atomic E-state index is 0.281. The van der Waals surface area contributed by atoms with Crippen molar-refractivity contribution in [2.75, 3.05) is 0 Å². The molecule has 0 saturated carbocycles. The Morgan fingerprint density at radius 3 is 1.58 bits per heavy atom. The first-order chi connectivity index (χ1) is 5.12. The summed E-state index contributed by atoms with van der Waals surface area (Å²) in [7, 11) is -3.26. The first-order valence-corrected chi connectivity index (χ1v) is 10.7. The monoisotopic (exact) mass is 206 g/mol. The van der Waals surface area contributed by atoms with Crippen LogP contribution in [0.3, 0.4) is 0 Å². The molecule has 0 bridgehead atoms. The van der Waals surface area contributed by atoms with Gasteiger partial charge in [-0.15, -0.1) is 0 Å². The molecule has 0 heterocycles. The SMILES string of the molecule is CC(C)O[Si](C)(C)O[Si](C)(C)C. The molecule has 0 atom stereocenters. The van der Waals surface area contributed by atoms with E-state index in [9.17, 15) is 0 Å². The third kappa shape index (κ3) is 7.03. The summed E-state index contributed by atoms with van der Waals surface area (Å²) >= 11 is 0. The molecule has 0 aromatic heterocycles. The second kappa shape index (κ2) is 4.04. The third-order valence-electron chi connectivity index (χ3n) is 1.07. The summed E-state index contributed by atoms with van der Waals surface area (Å²) in [5, 5.41) is 0. The van der Waals surface area contributed by atoms with Gasteiger partial charge in [0.25, 0.3) is 0 Å². The Hall–Kier alpha value is 0.354. The van der Waals surface area contributed by atoms with Gasteiger partial charge in [0.2, 0.25) is 0 Å². The van der Waals surface area contributed by atoms with Gasteiger partial charge in [0.1, 0.15) is 0 Å². The van der Waals surface area contributed by atoms with Crippen LogP contribution >= 0.6 is 0 Å². The van der Waals surface area contributed by atoms with Crippen molar-refractivity contribution in [2.24, 2.45) is 0 Å². The zero-order valence-corrected chi connectivity index (χ0v) is 11.4. The standard InChI is InChI=1S/C8H22O2Si2/c1-8(2)9-12(6,7)10-11(3,4)5/h8H,1-7H3. The smallest absolute Gasteiger partial charge is 0.321 e. The van der Waals surface area contributed by atoms with Crippen molar-refractivity contribution in [3.8, 4) is 0 Å². The summed E-state index contributed by atoms with van der Waals surface area (Å²) in [5.41, 5.74) is 0. The second-order valence-corrected chi connectivity index (χ2v) is 12.9. The molecule has 0 aliphatic rings. The molecular weight excluding hydrogens is 184 g/mol. The van der Waals surface area contributed by atoms with E-state index in [1.165, 1.54) is 0 Å². The van der Waals surface area contributed by atoms with Gasteiger partial charge in [0, 0.05) is 6.10 Å². The Morgan fingerprint density at radius 2 is 1.33 bits per heavy atom. The lowest BCUT2D eigenvalue weighted by atomic mass is 10.5. The molecule has 0 aromatic rings. The van der Waals surface area contributed by atoms with Crippen LogP contribution in [0.5, 0.6) is 0 Å². The van der Waals surface area contributed by atoms with E-state index in [4.69, 9.17) is 8.54 Å². The van der Waals surface area contributed by atoms with Crippen molar-refractivity contribution in [3.05, 3.63) is 0 Å². The molecule has 2 nitrogen and oxygen atoms in total. The third-order valence-corrected chi connectivity index (χ3v) is 6.53. The molecule has 0 rings (SSSR count). The van der Waals surface area contributed by atoms with Crippen LogP contribution in [0.25, 0.3) is 0 Å². The van der Waals surface area contributed by atoms with Crippen LogP contribution in [0.2, 0.25) is 32.7 Å². The summed E-state index contributed by atoms with van der Waals surface area (Å²) in [6.07, 6.45) is 0.281. The first kappa shape index (κ1) is 12.4. The van der Waals surface area contributed by atoms with Gasteiger partial charge in [-0.3, -0.25) is 0 Å². The molecule has 0 amide bonds. The number of hydrogen-bond acceptors (Lipinski definition) is 2. The van der Waals surface area contributed by atoms with E-state index in [0.29, 0.717) is 0 Å². The van der Waals surface area contributed by atoms with Crippen LogP contribution < -0.4 is 0 Å². The number of hydrogen-bond donors (Lipinski definition) is 0. The van der Waals surface area contributed by atoms with Crippen LogP contribution in [0.1, 0.15) is 13.8 Å². The predicted molar refractivity (Wildman–Crippen MR) is 58.1 cm³/mol. The summed E-state index contributed by atoms with van der Waals surface area (Å²) in [4.78, 5) is 0. The molecule has 0 aliphatic heterocycles. The van der Waals surface area contributed by atoms with E-state index < -0.39 is 16.9 Å². The lowest BCUT2D eigenvalue weighted by molar-refractivity contribution is 0.187. The number of rotatable bonds is 4. The first-order valence-electron chi connectivity index (χ1n) is 4.50. The van der Waals surface area contributed by atoms with Crippen molar-refractivity contribution in [1.29, 1.82) is 0 Å². The summed E-state index contributed by atoms with van der Waals surface area (Å²) in [6, 6.07) is 0. The molecule has 12 heavy (non-hydrogen) atoms. The minimum Gasteiger partial charge on any atom is -0.436 e. The van der Waals surface area contributed by atoms with Gasteiger partial charge in [0.05, 0.1) is 0 Å². The molecule has 0 unspecified atom stereocenters. The lowest BCUT2D eigenvalue weighted by Gasteiger charge is -2.32. The Bertz CT molecular complexity index is 138. The van der Waals surface area contributed by atoms with Crippen molar-refractivity contribution < 1.29 is 8.54 Å². The average Bonchev–Trinajstić information content (AvgIpc) is 1.48. The maximum absolute atomic E-state index is 5.99. The molecule has 0 spiro atoms. The highest BCUT2D eigenvalue weighted by molar-refractivity contribution is 6.81. The fraction of sp³-hybridized carbons (Fsp3) is 1.00. The molecule has 74 valence electrons. The predicted octanol–water partition coefficient (Wildman–Crippen LogP) is 2.96. The quantitative estimate of drug-likeness (QED) is 0.659. The van der Waals surface area contributed by atoms with Crippen LogP contribution in [0.4, 0.5) is 0 Å². The van der Waals surface area contributed by atoms with Gasteiger partial charge in [0.15, 0.2) is 8.32 Å². The normalized spacial score (nSPS) is 14.0. The van der Waals surface area contributed by atoms with Gasteiger partial charge < -0.3 is 8.54 Å². The van der Waals surface area contributed by atoms with E-state index in [2.05, 4.69) is 46.6 Å². The highest BCUT2D eigenvalue weighted by Gasteiger charge is 2.32. The van der Waals surface area contributed by atoms with Crippen LogP contribution in [-0.2, 0) is 8.54 Å². The van der Waals surface area contributed by atoms with Crippen molar-refractivity contribution in [3.63, 3.8) is 0 Å². The van der Waals surface area contributed by atoms with Crippen LogP contribution in [0.15, 0.2) is 0 Å². The summed E-state index contributed by atoms with van der Waals surface area (Å²) < 4.78 is 11.8. The Kier molecular flexibility index (Phi) is 4.16. The van der Waals surface area contributed by atoms with E-state index in [-0.39, 0.29) is 6.10 Å². The van der Waals surface area contributed by atoms with E-state index in [0.717, 1.165) is 0 Å². The maximum atomic E-state index is 5.99. The minimum atomic E-state index is -1.84. The zero-order chi connectivity index (χ0) is 9.99. The molecule has 0 fully saturated rings. The highest BCUT2D eigenvalue weighted by atomic mass is 28.4. The van der Waals surface area contributed by atoms with Gasteiger partial charge in [-0.2, -0.15) is 0 Å². The highest BCUT2D eigenvalue weighted by Crippen LogP contribution is 2.16. The molecule has 0 radical (unpaired) electrons. The van der Waals surface area contributed by atoms with Crippen LogP contribution in [0, 0.1) is 0 Å². The lowest BCUT2D eigenvalue weighted by Crippen LogP contribution is -2.46. The Morgan fingerprint density at radius 1 is 0.917 bits per heavy atom. The summed E-state index contributed by atoms with van der Waals surface area (Å²) in [6.45, 7) is 14.9. The van der Waals surface area contributed by atoms with Crippen molar-refractivity contribution in [2.45, 2.75) is 52.7 Å². The van der Waals surface area contributed by atoms with E-state index in [1.54, 1.807) is 0 Å². The zero-order valence-electron chi connectivity index (χ0n) is 9.39. The Labute approximate surface area is 78.7 Å².